The van der Waals surface area contributed by atoms with Crippen molar-refractivity contribution in [3.8, 4) is 0 Å². The van der Waals surface area contributed by atoms with E-state index < -0.39 is 11.4 Å². The summed E-state index contributed by atoms with van der Waals surface area (Å²) >= 11 is 3.17. The lowest BCUT2D eigenvalue weighted by Crippen LogP contribution is -2.42. The van der Waals surface area contributed by atoms with Crippen molar-refractivity contribution in [3.05, 3.63) is 34.1 Å². The van der Waals surface area contributed by atoms with Gasteiger partial charge in [0.05, 0.1) is 5.60 Å². The zero-order chi connectivity index (χ0) is 14.0. The Kier molecular flexibility index (Phi) is 4.26. The summed E-state index contributed by atoms with van der Waals surface area (Å²) in [4.78, 5) is 13.7. The van der Waals surface area contributed by atoms with Crippen LogP contribution in [0.15, 0.2) is 22.7 Å². The first-order valence-electron chi connectivity index (χ1n) is 6.34. The number of hydrogen-bond donors (Lipinski definition) is 1. The molecule has 0 radical (unpaired) electrons. The van der Waals surface area contributed by atoms with Crippen molar-refractivity contribution in [2.75, 3.05) is 13.6 Å². The van der Waals surface area contributed by atoms with Crippen LogP contribution in [0.5, 0.6) is 0 Å². The maximum absolute atomic E-state index is 13.3. The number of rotatable bonds is 3. The van der Waals surface area contributed by atoms with Crippen LogP contribution in [-0.2, 0) is 0 Å². The molecule has 2 rings (SSSR count). The Morgan fingerprint density at radius 2 is 2.05 bits per heavy atom. The molecule has 0 aromatic heterocycles. The quantitative estimate of drug-likeness (QED) is 0.926. The number of nitrogens with zero attached hydrogens (tertiary/aromatic N) is 1. The average Bonchev–Trinajstić information content (AvgIpc) is 2.73. The first-order chi connectivity index (χ1) is 8.89. The number of halogens is 2. The number of amides is 1. The minimum absolute atomic E-state index is 0.277. The topological polar surface area (TPSA) is 40.5 Å². The number of carbonyl (C=O) groups excluding carboxylic acids is 1. The molecule has 1 aliphatic rings. The number of likely N-dealkylation sites (N-methyl/N-ethyl adjacent to an activating group) is 1. The molecule has 1 aromatic carbocycles. The molecule has 104 valence electrons. The first-order valence-corrected chi connectivity index (χ1v) is 7.13. The van der Waals surface area contributed by atoms with Gasteiger partial charge in [-0.05, 0) is 31.0 Å². The minimum Gasteiger partial charge on any atom is -0.388 e. The predicted molar refractivity (Wildman–Crippen MR) is 74.5 cm³/mol. The van der Waals surface area contributed by atoms with Crippen molar-refractivity contribution in [1.29, 1.82) is 0 Å². The Balaban J connectivity index is 2.10. The van der Waals surface area contributed by atoms with Gasteiger partial charge in [-0.3, -0.25) is 4.79 Å². The van der Waals surface area contributed by atoms with Gasteiger partial charge in [-0.1, -0.05) is 28.8 Å². The largest absolute Gasteiger partial charge is 0.388 e. The fourth-order valence-corrected chi connectivity index (χ4v) is 3.07. The van der Waals surface area contributed by atoms with Gasteiger partial charge in [0, 0.05) is 23.6 Å². The number of benzene rings is 1. The molecule has 1 fully saturated rings. The summed E-state index contributed by atoms with van der Waals surface area (Å²) in [5.74, 6) is -0.730. The van der Waals surface area contributed by atoms with Crippen LogP contribution in [0.4, 0.5) is 4.39 Å². The Morgan fingerprint density at radius 3 is 2.63 bits per heavy atom. The maximum atomic E-state index is 13.3. The highest BCUT2D eigenvalue weighted by molar-refractivity contribution is 9.10. The molecule has 0 saturated heterocycles. The second kappa shape index (κ2) is 5.59. The second-order valence-corrected chi connectivity index (χ2v) is 6.17. The van der Waals surface area contributed by atoms with Crippen LogP contribution in [0.25, 0.3) is 0 Å². The highest BCUT2D eigenvalue weighted by Crippen LogP contribution is 2.30. The third-order valence-corrected chi connectivity index (χ3v) is 3.98. The number of carbonyl (C=O) groups is 1. The smallest absolute Gasteiger partial charge is 0.253 e. The lowest BCUT2D eigenvalue weighted by Gasteiger charge is -2.28. The van der Waals surface area contributed by atoms with Crippen LogP contribution < -0.4 is 0 Å². The van der Waals surface area contributed by atoms with E-state index in [0.717, 1.165) is 25.7 Å². The molecular weight excluding hydrogens is 313 g/mol. The number of hydrogen-bond acceptors (Lipinski definition) is 2. The van der Waals surface area contributed by atoms with Gasteiger partial charge in [0.15, 0.2) is 0 Å². The summed E-state index contributed by atoms with van der Waals surface area (Å²) in [5.41, 5.74) is -0.495. The zero-order valence-electron chi connectivity index (χ0n) is 10.8. The highest BCUT2D eigenvalue weighted by Gasteiger charge is 2.33. The molecule has 1 amide bonds. The fraction of sp³-hybridized carbons (Fsp3) is 0.500. The Labute approximate surface area is 120 Å². The Morgan fingerprint density at radius 1 is 1.42 bits per heavy atom. The molecule has 0 atom stereocenters. The van der Waals surface area contributed by atoms with Gasteiger partial charge < -0.3 is 10.0 Å². The molecule has 0 bridgehead atoms. The third kappa shape index (κ3) is 3.54. The summed E-state index contributed by atoms with van der Waals surface area (Å²) < 4.78 is 13.8. The summed E-state index contributed by atoms with van der Waals surface area (Å²) in [6, 6.07) is 4.10. The normalized spacial score (nSPS) is 17.5. The van der Waals surface area contributed by atoms with Gasteiger partial charge in [-0.25, -0.2) is 4.39 Å². The summed E-state index contributed by atoms with van der Waals surface area (Å²) in [6.07, 6.45) is 3.42. The Hall–Kier alpha value is -0.940. The third-order valence-electron chi connectivity index (χ3n) is 3.52. The van der Waals surface area contributed by atoms with Crippen LogP contribution in [0.2, 0.25) is 0 Å². The molecule has 1 N–H and O–H groups in total. The molecule has 0 unspecified atom stereocenters. The van der Waals surface area contributed by atoms with Crippen molar-refractivity contribution in [2.24, 2.45) is 0 Å². The molecule has 3 nitrogen and oxygen atoms in total. The molecule has 0 heterocycles. The first kappa shape index (κ1) is 14.5. The summed E-state index contributed by atoms with van der Waals surface area (Å²) in [5, 5.41) is 10.3. The van der Waals surface area contributed by atoms with E-state index in [-0.39, 0.29) is 11.5 Å². The second-order valence-electron chi connectivity index (χ2n) is 5.25. The van der Waals surface area contributed by atoms with E-state index in [2.05, 4.69) is 15.9 Å². The van der Waals surface area contributed by atoms with Gasteiger partial charge in [0.1, 0.15) is 5.82 Å². The molecule has 1 aliphatic carbocycles. The van der Waals surface area contributed by atoms with Crippen LogP contribution >= 0.6 is 15.9 Å². The van der Waals surface area contributed by atoms with Crippen molar-refractivity contribution in [1.82, 2.24) is 4.90 Å². The monoisotopic (exact) mass is 329 g/mol. The molecule has 1 aromatic rings. The van der Waals surface area contributed by atoms with Gasteiger partial charge in [0.25, 0.3) is 5.91 Å². The van der Waals surface area contributed by atoms with Gasteiger partial charge in [0.2, 0.25) is 0 Å². The average molecular weight is 330 g/mol. The molecule has 0 aliphatic heterocycles. The van der Waals surface area contributed by atoms with Crippen LogP contribution in [-0.4, -0.2) is 35.1 Å². The van der Waals surface area contributed by atoms with E-state index in [1.807, 2.05) is 0 Å². The van der Waals surface area contributed by atoms with Crippen molar-refractivity contribution in [2.45, 2.75) is 31.3 Å². The van der Waals surface area contributed by atoms with E-state index in [4.69, 9.17) is 0 Å². The van der Waals surface area contributed by atoms with E-state index in [9.17, 15) is 14.3 Å². The zero-order valence-corrected chi connectivity index (χ0v) is 12.4. The van der Waals surface area contributed by atoms with Gasteiger partial charge >= 0.3 is 0 Å². The maximum Gasteiger partial charge on any atom is 0.253 e. The molecule has 1 saturated carbocycles. The van der Waals surface area contributed by atoms with E-state index in [1.54, 1.807) is 13.1 Å². The molecule has 5 heteroatoms. The van der Waals surface area contributed by atoms with Crippen LogP contribution in [0.1, 0.15) is 36.0 Å². The summed E-state index contributed by atoms with van der Waals surface area (Å²) in [7, 11) is 1.64. The molecule has 0 spiro atoms. The van der Waals surface area contributed by atoms with Gasteiger partial charge in [-0.15, -0.1) is 0 Å². The lowest BCUT2D eigenvalue weighted by atomic mass is 10.0. The highest BCUT2D eigenvalue weighted by atomic mass is 79.9. The van der Waals surface area contributed by atoms with Crippen molar-refractivity contribution < 1.29 is 14.3 Å². The van der Waals surface area contributed by atoms with E-state index in [1.165, 1.54) is 17.0 Å². The van der Waals surface area contributed by atoms with E-state index in [0.29, 0.717) is 11.0 Å². The molecule has 19 heavy (non-hydrogen) atoms. The van der Waals surface area contributed by atoms with Gasteiger partial charge in [-0.2, -0.15) is 0 Å². The summed E-state index contributed by atoms with van der Waals surface area (Å²) in [6.45, 7) is 0.292. The van der Waals surface area contributed by atoms with Crippen LogP contribution in [0, 0.1) is 5.82 Å². The van der Waals surface area contributed by atoms with Crippen molar-refractivity contribution in [3.63, 3.8) is 0 Å². The fourth-order valence-electron chi connectivity index (χ4n) is 2.60. The predicted octanol–water partition coefficient (Wildman–Crippen LogP) is 2.97. The minimum atomic E-state index is -0.783. The number of aliphatic hydroxyl groups is 1. The molecular formula is C14H17BrFNO2. The Bertz CT molecular complexity index is 466. The SMILES string of the molecule is CN(CC1(O)CCCC1)C(=O)c1cc(F)cc(Br)c1. The standard InChI is InChI=1S/C14H17BrFNO2/c1-17(9-14(19)4-2-3-5-14)13(18)10-6-11(15)8-12(16)7-10/h6-8,19H,2-5,9H2,1H3. The lowest BCUT2D eigenvalue weighted by molar-refractivity contribution is 0.0156. The van der Waals surface area contributed by atoms with Crippen LogP contribution in [0.3, 0.4) is 0 Å². The van der Waals surface area contributed by atoms with Crippen molar-refractivity contribution >= 4 is 21.8 Å². The van der Waals surface area contributed by atoms with E-state index >= 15 is 0 Å².